The van der Waals surface area contributed by atoms with E-state index in [4.69, 9.17) is 20.7 Å². The number of carbonyl (C=O) groups excluding carboxylic acids is 1. The zero-order valence-corrected chi connectivity index (χ0v) is 25.7. The molecule has 1 heterocycles. The van der Waals surface area contributed by atoms with E-state index in [1.165, 1.54) is 5.56 Å². The third-order valence-electron chi connectivity index (χ3n) is 6.88. The number of rotatable bonds is 9. The van der Waals surface area contributed by atoms with Crippen LogP contribution in [0.4, 0.5) is 0 Å². The maximum absolute atomic E-state index is 12.4. The number of aromatic nitrogens is 1. The molecule has 2 atom stereocenters. The van der Waals surface area contributed by atoms with Crippen molar-refractivity contribution >= 4 is 43.6 Å². The third-order valence-corrected chi connectivity index (χ3v) is 8.82. The van der Waals surface area contributed by atoms with E-state index in [2.05, 4.69) is 71.4 Å². The van der Waals surface area contributed by atoms with Crippen molar-refractivity contribution in [3.05, 3.63) is 98.6 Å². The molecule has 2 aromatic carbocycles. The van der Waals surface area contributed by atoms with Gasteiger partial charge in [0.1, 0.15) is 0 Å². The second-order valence-electron chi connectivity index (χ2n) is 10.9. The lowest BCUT2D eigenvalue weighted by Gasteiger charge is -2.22. The Morgan fingerprint density at radius 2 is 1.93 bits per heavy atom. The van der Waals surface area contributed by atoms with Gasteiger partial charge >= 0.3 is 0 Å². The van der Waals surface area contributed by atoms with E-state index >= 15 is 0 Å². The summed E-state index contributed by atoms with van der Waals surface area (Å²) in [5.74, 6) is -0.647. The van der Waals surface area contributed by atoms with Crippen molar-refractivity contribution in [3.8, 4) is 11.3 Å². The molecule has 0 aliphatic heterocycles. The molecule has 1 aliphatic carbocycles. The summed E-state index contributed by atoms with van der Waals surface area (Å²) in [5, 5.41) is 7.63. The number of carbonyl (C=O) groups is 1. The molecule has 0 radical (unpaired) electrons. The molecule has 0 fully saturated rings. The van der Waals surface area contributed by atoms with Crippen molar-refractivity contribution in [3.63, 3.8) is 0 Å². The van der Waals surface area contributed by atoms with Crippen LogP contribution in [0.15, 0.2) is 81.3 Å². The van der Waals surface area contributed by atoms with Gasteiger partial charge in [0.05, 0.1) is 22.4 Å². The SMILES string of the molecule is CC(C)(C)c1ccc(C(CC2=CCC(C(=O)NCCS(=O)(=O)O)C=C2)c2cc(-c3ccc(Cl)c(Br)c3)on2)cc1. The Bertz CT molecular complexity index is 1540. The summed E-state index contributed by atoms with van der Waals surface area (Å²) in [7, 11) is -4.12. The summed E-state index contributed by atoms with van der Waals surface area (Å²) in [4.78, 5) is 12.4. The molecule has 3 aromatic rings. The Labute approximate surface area is 248 Å². The van der Waals surface area contributed by atoms with Crippen LogP contribution in [-0.4, -0.2) is 36.3 Å². The second-order valence-corrected chi connectivity index (χ2v) is 13.8. The van der Waals surface area contributed by atoms with E-state index in [0.29, 0.717) is 23.6 Å². The van der Waals surface area contributed by atoms with Crippen LogP contribution >= 0.6 is 27.5 Å². The number of hydrogen-bond donors (Lipinski definition) is 2. The van der Waals surface area contributed by atoms with E-state index in [0.717, 1.165) is 26.9 Å². The maximum Gasteiger partial charge on any atom is 0.266 e. The highest BCUT2D eigenvalue weighted by Gasteiger charge is 2.24. The first kappa shape index (κ1) is 30.2. The van der Waals surface area contributed by atoms with E-state index in [1.54, 1.807) is 6.07 Å². The average molecular weight is 648 g/mol. The van der Waals surface area contributed by atoms with Crippen molar-refractivity contribution in [2.45, 2.75) is 44.9 Å². The lowest BCUT2D eigenvalue weighted by atomic mass is 9.82. The van der Waals surface area contributed by atoms with Crippen LogP contribution in [0.25, 0.3) is 11.3 Å². The van der Waals surface area contributed by atoms with E-state index < -0.39 is 21.8 Å². The smallest absolute Gasteiger partial charge is 0.266 e. The van der Waals surface area contributed by atoms with Crippen molar-refractivity contribution in [2.75, 3.05) is 12.3 Å². The Hall–Kier alpha value is -2.72. The van der Waals surface area contributed by atoms with Gasteiger partial charge in [0.15, 0.2) is 5.76 Å². The molecule has 0 saturated heterocycles. The minimum absolute atomic E-state index is 0.0304. The van der Waals surface area contributed by atoms with Gasteiger partial charge in [-0.05, 0) is 63.5 Å². The highest BCUT2D eigenvalue weighted by Crippen LogP contribution is 2.36. The largest absolute Gasteiger partial charge is 0.356 e. The van der Waals surface area contributed by atoms with Gasteiger partial charge in [-0.15, -0.1) is 0 Å². The molecule has 0 bridgehead atoms. The molecule has 2 unspecified atom stereocenters. The topological polar surface area (TPSA) is 110 Å². The number of allylic oxidation sites excluding steroid dienone is 3. The van der Waals surface area contributed by atoms with Gasteiger partial charge in [0.2, 0.25) is 5.91 Å². The Balaban J connectivity index is 1.55. The average Bonchev–Trinajstić information content (AvgIpc) is 3.38. The normalized spacial score (nSPS) is 16.4. The van der Waals surface area contributed by atoms with Crippen LogP contribution in [0.5, 0.6) is 0 Å². The summed E-state index contributed by atoms with van der Waals surface area (Å²) in [5.41, 5.74) is 5.08. The second kappa shape index (κ2) is 12.4. The minimum Gasteiger partial charge on any atom is -0.356 e. The third kappa shape index (κ3) is 7.94. The summed E-state index contributed by atoms with van der Waals surface area (Å²) in [6.45, 7) is 6.41. The molecule has 0 spiro atoms. The maximum atomic E-state index is 12.4. The predicted molar refractivity (Wildman–Crippen MR) is 161 cm³/mol. The van der Waals surface area contributed by atoms with Gasteiger partial charge in [-0.2, -0.15) is 8.42 Å². The quantitative estimate of drug-likeness (QED) is 0.240. The zero-order chi connectivity index (χ0) is 29.1. The molecule has 1 aromatic heterocycles. The van der Waals surface area contributed by atoms with Gasteiger partial charge in [0.25, 0.3) is 10.1 Å². The van der Waals surface area contributed by atoms with Crippen molar-refractivity contribution in [1.82, 2.24) is 10.5 Å². The first-order valence-electron chi connectivity index (χ1n) is 12.9. The molecule has 4 rings (SSSR count). The number of hydrogen-bond acceptors (Lipinski definition) is 5. The molecule has 40 heavy (non-hydrogen) atoms. The van der Waals surface area contributed by atoms with Crippen LogP contribution in [0, 0.1) is 5.92 Å². The van der Waals surface area contributed by atoms with Gasteiger partial charge in [0, 0.05) is 28.6 Å². The minimum atomic E-state index is -4.12. The van der Waals surface area contributed by atoms with Crippen LogP contribution in [-0.2, 0) is 20.3 Å². The number of amides is 1. The fraction of sp³-hybridized carbons (Fsp3) is 0.333. The first-order valence-corrected chi connectivity index (χ1v) is 15.7. The van der Waals surface area contributed by atoms with Crippen LogP contribution in [0.2, 0.25) is 5.02 Å². The highest BCUT2D eigenvalue weighted by atomic mass is 79.9. The Kier molecular flexibility index (Phi) is 9.40. The molecule has 212 valence electrons. The van der Waals surface area contributed by atoms with E-state index in [9.17, 15) is 13.2 Å². The Morgan fingerprint density at radius 3 is 2.52 bits per heavy atom. The lowest BCUT2D eigenvalue weighted by molar-refractivity contribution is -0.123. The molecule has 1 amide bonds. The fourth-order valence-electron chi connectivity index (χ4n) is 4.53. The van der Waals surface area contributed by atoms with Crippen molar-refractivity contribution < 1.29 is 22.3 Å². The standard InChI is InChI=1S/C30H32BrClN2O5S/c1-30(2,3)23-11-8-20(9-12-23)24(27-18-28(39-34-27)22-10-13-26(32)25(31)17-22)16-19-4-6-21(7-5-19)29(35)33-14-15-40(36,37)38/h4-6,8-13,17-18,21,24H,7,14-16H2,1-3H3,(H,33,35)(H,36,37,38). The summed E-state index contributed by atoms with van der Waals surface area (Å²) >= 11 is 9.63. The predicted octanol–water partition coefficient (Wildman–Crippen LogP) is 7.08. The van der Waals surface area contributed by atoms with E-state index in [-0.39, 0.29) is 23.8 Å². The van der Waals surface area contributed by atoms with Crippen molar-refractivity contribution in [2.24, 2.45) is 5.92 Å². The fourth-order valence-corrected chi connectivity index (χ4v) is 5.38. The zero-order valence-electron chi connectivity index (χ0n) is 22.5. The van der Waals surface area contributed by atoms with Gasteiger partial charge in [-0.1, -0.05) is 85.6 Å². The summed E-state index contributed by atoms with van der Waals surface area (Å²) < 4.78 is 37.2. The molecule has 7 nitrogen and oxygen atoms in total. The molecule has 1 aliphatic rings. The highest BCUT2D eigenvalue weighted by molar-refractivity contribution is 9.10. The van der Waals surface area contributed by atoms with Crippen molar-refractivity contribution in [1.29, 1.82) is 0 Å². The molecular formula is C30H32BrClN2O5S. The van der Waals surface area contributed by atoms with Gasteiger partial charge in [-0.25, -0.2) is 0 Å². The molecular weight excluding hydrogens is 616 g/mol. The number of benzene rings is 2. The van der Waals surface area contributed by atoms with Gasteiger partial charge in [-0.3, -0.25) is 9.35 Å². The summed E-state index contributed by atoms with van der Waals surface area (Å²) in [6, 6.07) is 16.1. The number of halogens is 2. The first-order chi connectivity index (χ1) is 18.8. The van der Waals surface area contributed by atoms with Gasteiger partial charge < -0.3 is 9.84 Å². The van der Waals surface area contributed by atoms with E-state index in [1.807, 2.05) is 36.4 Å². The monoisotopic (exact) mass is 646 g/mol. The Morgan fingerprint density at radius 1 is 1.20 bits per heavy atom. The van der Waals surface area contributed by atoms with Crippen LogP contribution < -0.4 is 5.32 Å². The van der Waals surface area contributed by atoms with Crippen LogP contribution in [0.1, 0.15) is 56.4 Å². The number of nitrogens with zero attached hydrogens (tertiary/aromatic N) is 1. The molecule has 2 N–H and O–H groups in total. The van der Waals surface area contributed by atoms with Crippen LogP contribution in [0.3, 0.4) is 0 Å². The number of nitrogens with one attached hydrogen (secondary N) is 1. The summed E-state index contributed by atoms with van der Waals surface area (Å²) in [6.07, 6.45) is 6.93. The lowest BCUT2D eigenvalue weighted by Crippen LogP contribution is -2.33. The molecule has 0 saturated carbocycles. The molecule has 10 heteroatoms.